The van der Waals surface area contributed by atoms with Crippen molar-refractivity contribution in [2.75, 3.05) is 0 Å². The lowest BCUT2D eigenvalue weighted by Crippen LogP contribution is -2.21. The second-order valence-corrected chi connectivity index (χ2v) is 5.98. The van der Waals surface area contributed by atoms with Crippen LogP contribution in [0.15, 0.2) is 5.16 Å². The van der Waals surface area contributed by atoms with E-state index in [2.05, 4.69) is 17.1 Å². The van der Waals surface area contributed by atoms with Crippen LogP contribution >= 0.6 is 11.8 Å². The summed E-state index contributed by atoms with van der Waals surface area (Å²) in [5, 5.41) is 10.1. The van der Waals surface area contributed by atoms with Gasteiger partial charge in [-0.05, 0) is 18.8 Å². The molecule has 2 atom stereocenters. The van der Waals surface area contributed by atoms with Crippen LogP contribution < -0.4 is 5.73 Å². The van der Waals surface area contributed by atoms with Gasteiger partial charge in [-0.25, -0.2) is 0 Å². The minimum absolute atomic E-state index is 0.464. The molecule has 1 saturated carbocycles. The van der Waals surface area contributed by atoms with Gasteiger partial charge >= 0.3 is 0 Å². The molecule has 96 valence electrons. The number of nitrogens with zero attached hydrogens (tertiary/aromatic N) is 3. The maximum atomic E-state index is 5.62. The Morgan fingerprint density at radius 1 is 1.35 bits per heavy atom. The maximum absolute atomic E-state index is 5.62. The van der Waals surface area contributed by atoms with Crippen LogP contribution in [-0.2, 0) is 13.6 Å². The first-order valence-corrected chi connectivity index (χ1v) is 7.39. The number of rotatable bonds is 4. The Hall–Kier alpha value is -0.550. The zero-order valence-electron chi connectivity index (χ0n) is 10.7. The summed E-state index contributed by atoms with van der Waals surface area (Å²) < 4.78 is 2.03. The van der Waals surface area contributed by atoms with Crippen LogP contribution in [-0.4, -0.2) is 20.0 Å². The van der Waals surface area contributed by atoms with Crippen molar-refractivity contribution in [3.05, 3.63) is 5.82 Å². The lowest BCUT2D eigenvalue weighted by molar-refractivity contribution is 0.360. The Balaban J connectivity index is 2.05. The van der Waals surface area contributed by atoms with Crippen molar-refractivity contribution < 1.29 is 0 Å². The quantitative estimate of drug-likeness (QED) is 0.896. The minimum atomic E-state index is 0.464. The Kier molecular flexibility index (Phi) is 4.45. The molecule has 0 spiro atoms. The topological polar surface area (TPSA) is 56.7 Å². The average molecular weight is 254 g/mol. The van der Waals surface area contributed by atoms with E-state index in [-0.39, 0.29) is 0 Å². The summed E-state index contributed by atoms with van der Waals surface area (Å²) in [5.41, 5.74) is 5.62. The van der Waals surface area contributed by atoms with E-state index in [0.717, 1.165) is 16.9 Å². The Morgan fingerprint density at radius 2 is 2.12 bits per heavy atom. The first-order valence-electron chi connectivity index (χ1n) is 6.51. The fraction of sp³-hybridized carbons (Fsp3) is 0.833. The van der Waals surface area contributed by atoms with E-state index in [9.17, 15) is 0 Å². The molecule has 2 unspecified atom stereocenters. The first-order chi connectivity index (χ1) is 8.26. The van der Waals surface area contributed by atoms with Gasteiger partial charge in [0.1, 0.15) is 5.82 Å². The summed E-state index contributed by atoms with van der Waals surface area (Å²) >= 11 is 1.89. The third-order valence-corrected chi connectivity index (χ3v) is 5.22. The highest BCUT2D eigenvalue weighted by Crippen LogP contribution is 2.38. The lowest BCUT2D eigenvalue weighted by atomic mass is 9.87. The second kappa shape index (κ2) is 5.87. The molecule has 0 saturated heterocycles. The molecule has 17 heavy (non-hydrogen) atoms. The third kappa shape index (κ3) is 2.83. The smallest absolute Gasteiger partial charge is 0.191 e. The van der Waals surface area contributed by atoms with E-state index in [1.54, 1.807) is 0 Å². The summed E-state index contributed by atoms with van der Waals surface area (Å²) in [6.07, 6.45) is 6.71. The van der Waals surface area contributed by atoms with Crippen molar-refractivity contribution >= 4 is 11.8 Å². The lowest BCUT2D eigenvalue weighted by Gasteiger charge is -2.29. The highest BCUT2D eigenvalue weighted by atomic mass is 32.2. The summed E-state index contributed by atoms with van der Waals surface area (Å²) in [6, 6.07) is 0. The number of nitrogens with two attached hydrogens (primary N) is 1. The van der Waals surface area contributed by atoms with Crippen molar-refractivity contribution in [2.45, 2.75) is 56.0 Å². The molecule has 0 amide bonds. The molecule has 5 heteroatoms. The van der Waals surface area contributed by atoms with Crippen LogP contribution in [0.1, 0.15) is 44.9 Å². The van der Waals surface area contributed by atoms with Gasteiger partial charge in [0.25, 0.3) is 0 Å². The first kappa shape index (κ1) is 12.9. The van der Waals surface area contributed by atoms with Crippen molar-refractivity contribution in [1.29, 1.82) is 0 Å². The molecule has 1 aliphatic rings. The van der Waals surface area contributed by atoms with Gasteiger partial charge in [0, 0.05) is 12.3 Å². The van der Waals surface area contributed by atoms with E-state index >= 15 is 0 Å². The van der Waals surface area contributed by atoms with Crippen LogP contribution in [0.4, 0.5) is 0 Å². The standard InChI is InChI=1S/C12H22N4S/c1-3-9-6-4-5-7-10(9)17-12-15-14-11(8-13)16(12)2/h9-10H,3-8,13H2,1-2H3. The molecule has 4 nitrogen and oxygen atoms in total. The minimum Gasteiger partial charge on any atom is -0.324 e. The van der Waals surface area contributed by atoms with E-state index < -0.39 is 0 Å². The molecule has 1 aliphatic carbocycles. The van der Waals surface area contributed by atoms with Crippen LogP contribution in [0.25, 0.3) is 0 Å². The van der Waals surface area contributed by atoms with Gasteiger partial charge in [-0.15, -0.1) is 10.2 Å². The second-order valence-electron chi connectivity index (χ2n) is 4.77. The largest absolute Gasteiger partial charge is 0.324 e. The van der Waals surface area contributed by atoms with Gasteiger partial charge in [0.05, 0.1) is 6.54 Å². The van der Waals surface area contributed by atoms with Gasteiger partial charge < -0.3 is 10.3 Å². The van der Waals surface area contributed by atoms with E-state index in [0.29, 0.717) is 11.8 Å². The summed E-state index contributed by atoms with van der Waals surface area (Å²) in [5.74, 6) is 1.71. The number of aromatic nitrogens is 3. The Labute approximate surface area is 107 Å². The van der Waals surface area contributed by atoms with Crippen LogP contribution in [0, 0.1) is 5.92 Å². The van der Waals surface area contributed by atoms with Crippen LogP contribution in [0.3, 0.4) is 0 Å². The van der Waals surface area contributed by atoms with Crippen molar-refractivity contribution in [2.24, 2.45) is 18.7 Å². The van der Waals surface area contributed by atoms with Crippen LogP contribution in [0.5, 0.6) is 0 Å². The number of hydrogen-bond donors (Lipinski definition) is 1. The van der Waals surface area contributed by atoms with E-state index in [1.165, 1.54) is 32.1 Å². The highest BCUT2D eigenvalue weighted by Gasteiger charge is 2.26. The van der Waals surface area contributed by atoms with Crippen molar-refractivity contribution in [1.82, 2.24) is 14.8 Å². The molecule has 0 radical (unpaired) electrons. The molecule has 1 aromatic rings. The molecule has 1 heterocycles. The Morgan fingerprint density at radius 3 is 2.76 bits per heavy atom. The zero-order chi connectivity index (χ0) is 12.3. The van der Waals surface area contributed by atoms with Gasteiger partial charge in [0.15, 0.2) is 5.16 Å². The Bertz CT molecular complexity index is 363. The summed E-state index contributed by atoms with van der Waals surface area (Å²) in [6.45, 7) is 2.76. The molecule has 0 aliphatic heterocycles. The fourth-order valence-electron chi connectivity index (χ4n) is 2.56. The fourth-order valence-corrected chi connectivity index (χ4v) is 3.98. The van der Waals surface area contributed by atoms with Crippen molar-refractivity contribution in [3.8, 4) is 0 Å². The molecule has 2 N–H and O–H groups in total. The predicted molar refractivity (Wildman–Crippen MR) is 70.8 cm³/mol. The van der Waals surface area contributed by atoms with Crippen molar-refractivity contribution in [3.63, 3.8) is 0 Å². The molecule has 1 fully saturated rings. The monoisotopic (exact) mass is 254 g/mol. The summed E-state index contributed by atoms with van der Waals surface area (Å²) in [4.78, 5) is 0. The maximum Gasteiger partial charge on any atom is 0.191 e. The molecule has 1 aromatic heterocycles. The van der Waals surface area contributed by atoms with Gasteiger partial charge in [-0.3, -0.25) is 0 Å². The van der Waals surface area contributed by atoms with Gasteiger partial charge in [-0.2, -0.15) is 0 Å². The SMILES string of the molecule is CCC1CCCCC1Sc1nnc(CN)n1C. The average Bonchev–Trinajstić information content (AvgIpc) is 2.71. The normalized spacial score (nSPS) is 25.1. The van der Waals surface area contributed by atoms with E-state index in [4.69, 9.17) is 5.73 Å². The molecule has 2 rings (SSSR count). The predicted octanol–water partition coefficient (Wildman–Crippen LogP) is 2.33. The van der Waals surface area contributed by atoms with Crippen LogP contribution in [0.2, 0.25) is 0 Å². The highest BCUT2D eigenvalue weighted by molar-refractivity contribution is 7.99. The van der Waals surface area contributed by atoms with Gasteiger partial charge in [-0.1, -0.05) is 37.9 Å². The molecule has 0 aromatic carbocycles. The summed E-state index contributed by atoms with van der Waals surface area (Å²) in [7, 11) is 2.01. The molecular formula is C12H22N4S. The zero-order valence-corrected chi connectivity index (χ0v) is 11.5. The number of hydrogen-bond acceptors (Lipinski definition) is 4. The van der Waals surface area contributed by atoms with Gasteiger partial charge in [0.2, 0.25) is 0 Å². The van der Waals surface area contributed by atoms with E-state index in [1.807, 2.05) is 23.4 Å². The third-order valence-electron chi connectivity index (χ3n) is 3.73. The number of thioether (sulfide) groups is 1. The molecule has 0 bridgehead atoms. The molecular weight excluding hydrogens is 232 g/mol.